The minimum atomic E-state index is 0.0420. The highest BCUT2D eigenvalue weighted by molar-refractivity contribution is 9.10. The maximum absolute atomic E-state index is 12.9. The molecule has 0 saturated heterocycles. The zero-order valence-corrected chi connectivity index (χ0v) is 20.5. The van der Waals surface area contributed by atoms with Crippen LogP contribution in [-0.2, 0) is 4.79 Å². The lowest BCUT2D eigenvalue weighted by molar-refractivity contribution is -0.126. The maximum Gasteiger partial charge on any atom is 0.246 e. The minimum absolute atomic E-state index is 0.0420. The van der Waals surface area contributed by atoms with Crippen LogP contribution in [-0.4, -0.2) is 31.0 Å². The summed E-state index contributed by atoms with van der Waals surface area (Å²) >= 11 is 3.55. The van der Waals surface area contributed by atoms with Gasteiger partial charge in [0, 0.05) is 45.7 Å². The molecule has 1 aromatic heterocycles. The van der Waals surface area contributed by atoms with E-state index in [0.29, 0.717) is 0 Å². The van der Waals surface area contributed by atoms with Crippen molar-refractivity contribution in [2.75, 3.05) is 20.2 Å². The van der Waals surface area contributed by atoms with E-state index in [1.807, 2.05) is 30.9 Å². The van der Waals surface area contributed by atoms with Gasteiger partial charge in [-0.3, -0.25) is 4.79 Å². The van der Waals surface area contributed by atoms with Crippen molar-refractivity contribution in [3.05, 3.63) is 58.3 Å². The molecule has 4 nitrogen and oxygen atoms in total. The average molecular weight is 484 g/mol. The second-order valence-electron chi connectivity index (χ2n) is 7.77. The molecular weight excluding hydrogens is 454 g/mol. The van der Waals surface area contributed by atoms with Gasteiger partial charge in [0.05, 0.1) is 13.4 Å². The molecule has 1 amide bonds. The van der Waals surface area contributed by atoms with Crippen LogP contribution in [0.25, 0.3) is 27.7 Å². The summed E-state index contributed by atoms with van der Waals surface area (Å²) in [6.45, 7) is 9.68. The van der Waals surface area contributed by atoms with Gasteiger partial charge in [0.15, 0.2) is 0 Å². The number of aryl methyl sites for hydroxylation is 1. The number of methoxy groups -OCH3 is 1. The fourth-order valence-electron chi connectivity index (χ4n) is 3.98. The predicted molar refractivity (Wildman–Crippen MR) is 131 cm³/mol. The molecule has 164 valence electrons. The maximum atomic E-state index is 12.9. The summed E-state index contributed by atoms with van der Waals surface area (Å²) in [5.41, 5.74) is 5.60. The molecule has 31 heavy (non-hydrogen) atoms. The zero-order chi connectivity index (χ0) is 22.5. The molecular formula is C26H30BrNO3. The molecule has 0 N–H and O–H groups in total. The van der Waals surface area contributed by atoms with E-state index in [2.05, 4.69) is 48.0 Å². The molecule has 0 aliphatic carbocycles. The number of furan rings is 1. The van der Waals surface area contributed by atoms with E-state index in [0.717, 1.165) is 74.9 Å². The van der Waals surface area contributed by atoms with Gasteiger partial charge in [0.2, 0.25) is 5.91 Å². The van der Waals surface area contributed by atoms with Crippen molar-refractivity contribution in [2.45, 2.75) is 40.5 Å². The molecule has 0 saturated carbocycles. The first-order chi connectivity index (χ1) is 14.9. The first-order valence-corrected chi connectivity index (χ1v) is 11.5. The Morgan fingerprint density at radius 1 is 1.19 bits per heavy atom. The number of hydrogen-bond acceptors (Lipinski definition) is 3. The van der Waals surface area contributed by atoms with Gasteiger partial charge in [0.25, 0.3) is 0 Å². The van der Waals surface area contributed by atoms with Crippen molar-refractivity contribution in [3.8, 4) is 16.9 Å². The Balaban J connectivity index is 2.12. The topological polar surface area (TPSA) is 42.7 Å². The second kappa shape index (κ2) is 10.2. The monoisotopic (exact) mass is 483 g/mol. The third kappa shape index (κ3) is 4.87. The average Bonchev–Trinajstić information content (AvgIpc) is 3.17. The molecule has 3 rings (SSSR count). The van der Waals surface area contributed by atoms with Gasteiger partial charge in [0.1, 0.15) is 11.3 Å². The van der Waals surface area contributed by atoms with E-state index < -0.39 is 0 Å². The van der Waals surface area contributed by atoms with Crippen LogP contribution in [0.3, 0.4) is 0 Å². The summed E-state index contributed by atoms with van der Waals surface area (Å²) in [5.74, 6) is 0.780. The third-order valence-electron chi connectivity index (χ3n) is 5.45. The van der Waals surface area contributed by atoms with Crippen molar-refractivity contribution in [2.24, 2.45) is 0 Å². The molecule has 0 atom stereocenters. The summed E-state index contributed by atoms with van der Waals surface area (Å²) in [6.07, 6.45) is 5.40. The highest BCUT2D eigenvalue weighted by Crippen LogP contribution is 2.41. The molecule has 0 fully saturated rings. The molecule has 0 radical (unpaired) electrons. The van der Waals surface area contributed by atoms with Gasteiger partial charge < -0.3 is 14.1 Å². The largest absolute Gasteiger partial charge is 0.496 e. The Kier molecular flexibility index (Phi) is 7.60. The van der Waals surface area contributed by atoms with Crippen LogP contribution in [0.4, 0.5) is 0 Å². The number of fused-ring (bicyclic) bond motifs is 1. The molecule has 0 unspecified atom stereocenters. The first kappa shape index (κ1) is 23.1. The summed E-state index contributed by atoms with van der Waals surface area (Å²) in [5, 5.41) is 1.01. The zero-order valence-electron chi connectivity index (χ0n) is 18.9. The number of rotatable bonds is 8. The van der Waals surface area contributed by atoms with Crippen LogP contribution in [0.2, 0.25) is 0 Å². The molecule has 0 aliphatic heterocycles. The quantitative estimate of drug-likeness (QED) is 0.317. The molecule has 0 bridgehead atoms. The number of carbonyl (C=O) groups is 1. The van der Waals surface area contributed by atoms with Crippen molar-refractivity contribution < 1.29 is 13.9 Å². The van der Waals surface area contributed by atoms with E-state index in [9.17, 15) is 4.79 Å². The fourth-order valence-corrected chi connectivity index (χ4v) is 4.38. The standard InChI is InChI=1S/C26H30BrNO3/c1-6-11-28(12-7-2)24(29)13-17(3)21-15-22-23(19-9-8-10-20(27)14-19)16-31-26(22)18(4)25(21)30-5/h8-10,13-16H,6-7,11-12H2,1-5H3/b17-13+. The Morgan fingerprint density at radius 2 is 1.90 bits per heavy atom. The van der Waals surface area contributed by atoms with E-state index in [1.54, 1.807) is 19.4 Å². The highest BCUT2D eigenvalue weighted by atomic mass is 79.9. The normalized spacial score (nSPS) is 11.7. The summed E-state index contributed by atoms with van der Waals surface area (Å²) in [7, 11) is 1.66. The Morgan fingerprint density at radius 3 is 2.52 bits per heavy atom. The van der Waals surface area contributed by atoms with Crippen molar-refractivity contribution >= 4 is 38.4 Å². The van der Waals surface area contributed by atoms with Gasteiger partial charge in [-0.1, -0.05) is 41.9 Å². The lowest BCUT2D eigenvalue weighted by Gasteiger charge is -2.20. The van der Waals surface area contributed by atoms with Crippen LogP contribution in [0.15, 0.2) is 51.6 Å². The first-order valence-electron chi connectivity index (χ1n) is 10.7. The lowest BCUT2D eigenvalue weighted by atomic mass is 9.96. The minimum Gasteiger partial charge on any atom is -0.496 e. The van der Waals surface area contributed by atoms with Crippen LogP contribution in [0.5, 0.6) is 5.75 Å². The fraction of sp³-hybridized carbons (Fsp3) is 0.346. The second-order valence-corrected chi connectivity index (χ2v) is 8.69. The van der Waals surface area contributed by atoms with Crippen LogP contribution in [0, 0.1) is 6.92 Å². The Hall–Kier alpha value is -2.53. The van der Waals surface area contributed by atoms with E-state index >= 15 is 0 Å². The van der Waals surface area contributed by atoms with Gasteiger partial charge in [-0.15, -0.1) is 0 Å². The summed E-state index contributed by atoms with van der Waals surface area (Å²) < 4.78 is 12.7. The summed E-state index contributed by atoms with van der Waals surface area (Å²) in [6, 6.07) is 10.2. The number of benzene rings is 2. The molecule has 1 heterocycles. The number of halogens is 1. The van der Waals surface area contributed by atoms with Gasteiger partial charge in [-0.2, -0.15) is 0 Å². The SMILES string of the molecule is CCCN(CCC)C(=O)/C=C(\C)c1cc2c(-c3cccc(Br)c3)coc2c(C)c1OC. The van der Waals surface area contributed by atoms with Crippen LogP contribution in [0.1, 0.15) is 44.7 Å². The Labute approximate surface area is 193 Å². The molecule has 0 spiro atoms. The number of carbonyl (C=O) groups excluding carboxylic acids is 1. The van der Waals surface area contributed by atoms with E-state index in [4.69, 9.17) is 9.15 Å². The third-order valence-corrected chi connectivity index (χ3v) is 5.94. The van der Waals surface area contributed by atoms with Crippen molar-refractivity contribution in [3.63, 3.8) is 0 Å². The van der Waals surface area contributed by atoms with Gasteiger partial charge >= 0.3 is 0 Å². The highest BCUT2D eigenvalue weighted by Gasteiger charge is 2.19. The number of allylic oxidation sites excluding steroid dienone is 1. The molecule has 2 aromatic carbocycles. The number of ether oxygens (including phenoxy) is 1. The number of nitrogens with zero attached hydrogens (tertiary/aromatic N) is 1. The Bertz CT molecular complexity index is 1110. The van der Waals surface area contributed by atoms with Crippen LogP contribution < -0.4 is 4.74 Å². The number of hydrogen-bond donors (Lipinski definition) is 0. The number of amides is 1. The van der Waals surface area contributed by atoms with Gasteiger partial charge in [-0.25, -0.2) is 0 Å². The van der Waals surface area contributed by atoms with E-state index in [1.165, 1.54) is 0 Å². The van der Waals surface area contributed by atoms with E-state index in [-0.39, 0.29) is 5.91 Å². The summed E-state index contributed by atoms with van der Waals surface area (Å²) in [4.78, 5) is 14.8. The molecule has 3 aromatic rings. The predicted octanol–water partition coefficient (Wildman–Crippen LogP) is 7.23. The smallest absolute Gasteiger partial charge is 0.246 e. The lowest BCUT2D eigenvalue weighted by Crippen LogP contribution is -2.31. The van der Waals surface area contributed by atoms with Crippen LogP contribution >= 0.6 is 15.9 Å². The molecule has 5 heteroatoms. The van der Waals surface area contributed by atoms with Crippen molar-refractivity contribution in [1.29, 1.82) is 0 Å². The van der Waals surface area contributed by atoms with Gasteiger partial charge in [-0.05, 0) is 56.0 Å². The molecule has 0 aliphatic rings. The van der Waals surface area contributed by atoms with Crippen molar-refractivity contribution in [1.82, 2.24) is 4.90 Å².